The molecule has 0 aliphatic heterocycles. The first-order valence-electron chi connectivity index (χ1n) is 8.84. The van der Waals surface area contributed by atoms with E-state index in [2.05, 4.69) is 24.3 Å². The number of carbonyl (C=O) groups excluding carboxylic acids is 1. The monoisotopic (exact) mass is 342 g/mol. The summed E-state index contributed by atoms with van der Waals surface area (Å²) < 4.78 is 0. The lowest BCUT2D eigenvalue weighted by Gasteiger charge is -1.87. The molecule has 0 aliphatic carbocycles. The largest absolute Gasteiger partial charge is 0.481 e. The van der Waals surface area contributed by atoms with Crippen molar-refractivity contribution in [3.05, 3.63) is 72.9 Å². The molecule has 25 heavy (non-hydrogen) atoms. The van der Waals surface area contributed by atoms with Gasteiger partial charge in [0.15, 0.2) is 5.78 Å². The van der Waals surface area contributed by atoms with Crippen molar-refractivity contribution >= 4 is 11.8 Å². The van der Waals surface area contributed by atoms with Crippen LogP contribution in [0.3, 0.4) is 0 Å². The van der Waals surface area contributed by atoms with Crippen LogP contribution in [0.2, 0.25) is 0 Å². The Bertz CT molecular complexity index is 531. The molecule has 0 spiro atoms. The fourth-order valence-corrected chi connectivity index (χ4v) is 1.80. The predicted molar refractivity (Wildman–Crippen MR) is 105 cm³/mol. The average molecular weight is 342 g/mol. The Morgan fingerprint density at radius 1 is 0.760 bits per heavy atom. The quantitative estimate of drug-likeness (QED) is 0.249. The molecule has 3 nitrogen and oxygen atoms in total. The molecule has 0 aromatic rings. The number of ketones is 1. The first kappa shape index (κ1) is 22.6. The minimum atomic E-state index is -0.759. The molecule has 0 atom stereocenters. The van der Waals surface area contributed by atoms with Crippen LogP contribution in [-0.2, 0) is 9.59 Å². The van der Waals surface area contributed by atoms with Gasteiger partial charge in [-0.1, -0.05) is 73.8 Å². The molecule has 0 saturated heterocycles. The molecule has 0 rings (SSSR count). The summed E-state index contributed by atoms with van der Waals surface area (Å²) in [5.41, 5.74) is 0. The SMILES string of the molecule is CC/C=C\CC(=O)/C=C\C=C/C/C=C\C/C=C\C/C=C\CCC(=O)O. The van der Waals surface area contributed by atoms with Gasteiger partial charge in [-0.15, -0.1) is 0 Å². The zero-order valence-corrected chi connectivity index (χ0v) is 15.1. The van der Waals surface area contributed by atoms with E-state index in [1.165, 1.54) is 0 Å². The number of carbonyl (C=O) groups is 2. The first-order chi connectivity index (χ1) is 12.2. The molecule has 0 fully saturated rings. The molecule has 0 saturated carbocycles. The summed E-state index contributed by atoms with van der Waals surface area (Å²) in [5.74, 6) is -0.641. The second-order valence-corrected chi connectivity index (χ2v) is 5.39. The number of carboxylic acids is 1. The first-order valence-corrected chi connectivity index (χ1v) is 8.84. The molecule has 0 aliphatic rings. The van der Waals surface area contributed by atoms with Crippen LogP contribution in [0, 0.1) is 0 Å². The Hall–Kier alpha value is -2.42. The van der Waals surface area contributed by atoms with E-state index in [0.717, 1.165) is 25.7 Å². The van der Waals surface area contributed by atoms with E-state index in [-0.39, 0.29) is 12.2 Å². The van der Waals surface area contributed by atoms with Gasteiger partial charge in [-0.25, -0.2) is 0 Å². The van der Waals surface area contributed by atoms with Crippen molar-refractivity contribution in [1.29, 1.82) is 0 Å². The lowest BCUT2D eigenvalue weighted by molar-refractivity contribution is -0.136. The second kappa shape index (κ2) is 17.9. The molecule has 0 bridgehead atoms. The van der Waals surface area contributed by atoms with Gasteiger partial charge in [0.1, 0.15) is 0 Å². The minimum Gasteiger partial charge on any atom is -0.481 e. The van der Waals surface area contributed by atoms with Gasteiger partial charge in [-0.3, -0.25) is 9.59 Å². The zero-order chi connectivity index (χ0) is 18.6. The lowest BCUT2D eigenvalue weighted by Crippen LogP contribution is -1.91. The van der Waals surface area contributed by atoms with E-state index < -0.39 is 5.97 Å². The van der Waals surface area contributed by atoms with Gasteiger partial charge >= 0.3 is 5.97 Å². The standard InChI is InChI=1S/C22H30O3/c1-2-3-15-18-21(23)19-16-13-11-9-7-5-4-6-8-10-12-14-17-20-22(24)25/h3,5-8,11-16,19H,2,4,9-10,17-18,20H2,1H3,(H,24,25)/b7-5-,8-6-,13-11-,14-12-,15-3-,19-16-. The van der Waals surface area contributed by atoms with Crippen LogP contribution in [0.5, 0.6) is 0 Å². The van der Waals surface area contributed by atoms with E-state index >= 15 is 0 Å². The minimum absolute atomic E-state index is 0.118. The maximum Gasteiger partial charge on any atom is 0.303 e. The normalized spacial score (nSPS) is 12.8. The van der Waals surface area contributed by atoms with Gasteiger partial charge in [-0.05, 0) is 38.2 Å². The Labute approximate surface area is 151 Å². The Kier molecular flexibility index (Phi) is 16.2. The number of hydrogen-bond donors (Lipinski definition) is 1. The molecule has 1 N–H and O–H groups in total. The summed E-state index contributed by atoms with van der Waals surface area (Å²) in [5, 5.41) is 8.49. The van der Waals surface area contributed by atoms with Crippen LogP contribution < -0.4 is 0 Å². The fraction of sp³-hybridized carbons (Fsp3) is 0.364. The van der Waals surface area contributed by atoms with Crippen molar-refractivity contribution in [2.24, 2.45) is 0 Å². The van der Waals surface area contributed by atoms with E-state index in [4.69, 9.17) is 5.11 Å². The maximum absolute atomic E-state index is 11.4. The van der Waals surface area contributed by atoms with Crippen molar-refractivity contribution in [3.63, 3.8) is 0 Å². The summed E-state index contributed by atoms with van der Waals surface area (Å²) in [6, 6.07) is 0. The predicted octanol–water partition coefficient (Wildman–Crippen LogP) is 5.73. The van der Waals surface area contributed by atoms with Gasteiger partial charge < -0.3 is 5.11 Å². The van der Waals surface area contributed by atoms with Crippen molar-refractivity contribution in [2.45, 2.75) is 51.9 Å². The van der Waals surface area contributed by atoms with Crippen LogP contribution >= 0.6 is 0 Å². The van der Waals surface area contributed by atoms with Crippen LogP contribution in [0.1, 0.15) is 51.9 Å². The molecule has 0 aromatic heterocycles. The average Bonchev–Trinajstić information content (AvgIpc) is 2.58. The highest BCUT2D eigenvalue weighted by Gasteiger charge is 1.90. The second-order valence-electron chi connectivity index (χ2n) is 5.39. The van der Waals surface area contributed by atoms with Crippen LogP contribution in [-0.4, -0.2) is 16.9 Å². The maximum atomic E-state index is 11.4. The van der Waals surface area contributed by atoms with Crippen LogP contribution in [0.4, 0.5) is 0 Å². The fourth-order valence-electron chi connectivity index (χ4n) is 1.80. The van der Waals surface area contributed by atoms with E-state index in [1.54, 1.807) is 12.2 Å². The number of carboxylic acid groups (broad SMARTS) is 1. The van der Waals surface area contributed by atoms with Crippen molar-refractivity contribution in [1.82, 2.24) is 0 Å². The third-order valence-corrected chi connectivity index (χ3v) is 3.09. The van der Waals surface area contributed by atoms with Crippen molar-refractivity contribution in [3.8, 4) is 0 Å². The van der Waals surface area contributed by atoms with E-state index in [9.17, 15) is 9.59 Å². The third kappa shape index (κ3) is 19.5. The topological polar surface area (TPSA) is 54.4 Å². The van der Waals surface area contributed by atoms with Crippen molar-refractivity contribution in [2.75, 3.05) is 0 Å². The van der Waals surface area contributed by atoms with E-state index in [1.807, 2.05) is 43.4 Å². The number of rotatable bonds is 14. The zero-order valence-electron chi connectivity index (χ0n) is 15.1. The summed E-state index contributed by atoms with van der Waals surface area (Å²) in [6.07, 6.45) is 28.2. The number of aliphatic carboxylic acids is 1. The van der Waals surface area contributed by atoms with Gasteiger partial charge in [-0.2, -0.15) is 0 Å². The van der Waals surface area contributed by atoms with Crippen molar-refractivity contribution < 1.29 is 14.7 Å². The number of allylic oxidation sites excluding steroid dienone is 12. The Balaban J connectivity index is 3.68. The third-order valence-electron chi connectivity index (χ3n) is 3.09. The van der Waals surface area contributed by atoms with Crippen LogP contribution in [0.25, 0.3) is 0 Å². The van der Waals surface area contributed by atoms with Gasteiger partial charge in [0.25, 0.3) is 0 Å². The number of hydrogen-bond acceptors (Lipinski definition) is 2. The van der Waals surface area contributed by atoms with Gasteiger partial charge in [0.2, 0.25) is 0 Å². The summed E-state index contributed by atoms with van der Waals surface area (Å²) in [6.45, 7) is 2.05. The van der Waals surface area contributed by atoms with Gasteiger partial charge in [0.05, 0.1) is 0 Å². The molecule has 0 radical (unpaired) electrons. The molecule has 0 unspecified atom stereocenters. The molecule has 0 aromatic carbocycles. The molecule has 3 heteroatoms. The Morgan fingerprint density at radius 2 is 1.36 bits per heavy atom. The van der Waals surface area contributed by atoms with E-state index in [0.29, 0.717) is 12.8 Å². The smallest absolute Gasteiger partial charge is 0.303 e. The molecule has 136 valence electrons. The highest BCUT2D eigenvalue weighted by molar-refractivity contribution is 5.90. The highest BCUT2D eigenvalue weighted by atomic mass is 16.4. The highest BCUT2D eigenvalue weighted by Crippen LogP contribution is 1.96. The molecular formula is C22H30O3. The lowest BCUT2D eigenvalue weighted by atomic mass is 10.2. The molecule has 0 amide bonds. The summed E-state index contributed by atoms with van der Waals surface area (Å²) in [4.78, 5) is 21.8. The van der Waals surface area contributed by atoms with Crippen LogP contribution in [0.15, 0.2) is 72.9 Å². The molecule has 0 heterocycles. The Morgan fingerprint density at radius 3 is 1.96 bits per heavy atom. The summed E-state index contributed by atoms with van der Waals surface area (Å²) in [7, 11) is 0. The molecular weight excluding hydrogens is 312 g/mol. The summed E-state index contributed by atoms with van der Waals surface area (Å²) >= 11 is 0. The van der Waals surface area contributed by atoms with Gasteiger partial charge in [0, 0.05) is 12.8 Å².